The van der Waals surface area contributed by atoms with Crippen LogP contribution in [0.5, 0.6) is 0 Å². The monoisotopic (exact) mass is 183 g/mol. The van der Waals surface area contributed by atoms with Crippen LogP contribution < -0.4 is 0 Å². The van der Waals surface area contributed by atoms with Crippen LogP contribution in [0.2, 0.25) is 0 Å². The third-order valence-electron chi connectivity index (χ3n) is 1.41. The van der Waals surface area contributed by atoms with Crippen molar-refractivity contribution in [2.45, 2.75) is 13.3 Å². The average Bonchev–Trinajstić information content (AvgIpc) is 2.04. The van der Waals surface area contributed by atoms with Gasteiger partial charge in [-0.3, -0.25) is 9.78 Å². The van der Waals surface area contributed by atoms with Crippen LogP contribution in [0.15, 0.2) is 18.3 Å². The van der Waals surface area contributed by atoms with Crippen molar-refractivity contribution in [1.29, 1.82) is 0 Å². The molecule has 0 aliphatic rings. The number of carbonyl (C=O) groups is 1. The fraction of sp³-hybridized carbons (Fsp3) is 0.333. The number of rotatable bonds is 3. The molecule has 0 N–H and O–H groups in total. The summed E-state index contributed by atoms with van der Waals surface area (Å²) in [4.78, 5) is 14.8. The molecule has 0 unspecified atom stereocenters. The lowest BCUT2D eigenvalue weighted by molar-refractivity contribution is -0.142. The number of nitrogens with zero attached hydrogens (tertiary/aromatic N) is 1. The molecule has 1 aromatic heterocycles. The normalized spacial score (nSPS) is 9.69. The van der Waals surface area contributed by atoms with Gasteiger partial charge in [0.15, 0.2) is 0 Å². The Kier molecular flexibility index (Phi) is 3.37. The summed E-state index contributed by atoms with van der Waals surface area (Å²) in [5, 5.41) is 0. The third-order valence-corrected chi connectivity index (χ3v) is 1.41. The SMILES string of the molecule is CCOC(=O)Cc1cc(F)ccn1. The largest absolute Gasteiger partial charge is 0.466 e. The number of pyridine rings is 1. The molecule has 0 atom stereocenters. The predicted octanol–water partition coefficient (Wildman–Crippen LogP) is 1.33. The minimum Gasteiger partial charge on any atom is -0.466 e. The molecule has 4 heteroatoms. The summed E-state index contributed by atoms with van der Waals surface area (Å²) < 4.78 is 17.3. The first-order valence-electron chi connectivity index (χ1n) is 3.98. The number of halogens is 1. The smallest absolute Gasteiger partial charge is 0.311 e. The topological polar surface area (TPSA) is 39.2 Å². The van der Waals surface area contributed by atoms with Gasteiger partial charge in [0.1, 0.15) is 5.82 Å². The van der Waals surface area contributed by atoms with Gasteiger partial charge in [0.05, 0.1) is 18.7 Å². The summed E-state index contributed by atoms with van der Waals surface area (Å²) in [5.41, 5.74) is 0.387. The van der Waals surface area contributed by atoms with Crippen molar-refractivity contribution in [1.82, 2.24) is 4.98 Å². The Hall–Kier alpha value is -1.45. The minimum absolute atomic E-state index is 0.0194. The van der Waals surface area contributed by atoms with Gasteiger partial charge in [0.25, 0.3) is 0 Å². The van der Waals surface area contributed by atoms with Crippen molar-refractivity contribution in [3.05, 3.63) is 29.8 Å². The molecule has 0 aliphatic carbocycles. The molecule has 0 aliphatic heterocycles. The van der Waals surface area contributed by atoms with E-state index < -0.39 is 5.82 Å². The first-order valence-corrected chi connectivity index (χ1v) is 3.98. The molecule has 1 aromatic rings. The van der Waals surface area contributed by atoms with Crippen LogP contribution in [-0.4, -0.2) is 17.6 Å². The molecule has 0 spiro atoms. The van der Waals surface area contributed by atoms with Gasteiger partial charge in [-0.15, -0.1) is 0 Å². The molecular weight excluding hydrogens is 173 g/mol. The first kappa shape index (κ1) is 9.64. The molecule has 0 aromatic carbocycles. The average molecular weight is 183 g/mol. The molecule has 0 saturated heterocycles. The summed E-state index contributed by atoms with van der Waals surface area (Å²) >= 11 is 0. The molecule has 3 nitrogen and oxygen atoms in total. The molecule has 1 rings (SSSR count). The second kappa shape index (κ2) is 4.54. The highest BCUT2D eigenvalue weighted by molar-refractivity contribution is 5.71. The summed E-state index contributed by atoms with van der Waals surface area (Å²) in [6, 6.07) is 2.45. The van der Waals surface area contributed by atoms with E-state index in [1.807, 2.05) is 0 Å². The van der Waals surface area contributed by atoms with E-state index >= 15 is 0 Å². The molecule has 0 saturated carbocycles. The highest BCUT2D eigenvalue weighted by Crippen LogP contribution is 2.01. The van der Waals surface area contributed by atoms with Crippen LogP contribution in [-0.2, 0) is 16.0 Å². The Labute approximate surface area is 75.6 Å². The highest BCUT2D eigenvalue weighted by atomic mass is 19.1. The molecule has 70 valence electrons. The number of carbonyl (C=O) groups excluding carboxylic acids is 1. The van der Waals surface area contributed by atoms with Gasteiger partial charge in [-0.1, -0.05) is 0 Å². The van der Waals surface area contributed by atoms with Gasteiger partial charge in [-0.05, 0) is 19.1 Å². The lowest BCUT2D eigenvalue weighted by Gasteiger charge is -2.00. The maximum atomic E-state index is 12.6. The Morgan fingerprint density at radius 2 is 2.46 bits per heavy atom. The molecule has 13 heavy (non-hydrogen) atoms. The minimum atomic E-state index is -0.394. The van der Waals surface area contributed by atoms with Crippen molar-refractivity contribution in [3.8, 4) is 0 Å². The number of ether oxygens (including phenoxy) is 1. The van der Waals surface area contributed by atoms with Crippen LogP contribution >= 0.6 is 0 Å². The Morgan fingerprint density at radius 3 is 3.08 bits per heavy atom. The summed E-state index contributed by atoms with van der Waals surface area (Å²) in [7, 11) is 0. The van der Waals surface area contributed by atoms with Gasteiger partial charge in [0, 0.05) is 6.20 Å². The number of aromatic nitrogens is 1. The second-order valence-electron chi connectivity index (χ2n) is 2.45. The van der Waals surface area contributed by atoms with Crippen LogP contribution in [0.25, 0.3) is 0 Å². The van der Waals surface area contributed by atoms with Gasteiger partial charge in [-0.25, -0.2) is 4.39 Å². The Bertz CT molecular complexity index is 301. The predicted molar refractivity (Wildman–Crippen MR) is 44.5 cm³/mol. The van der Waals surface area contributed by atoms with Crippen molar-refractivity contribution in [3.63, 3.8) is 0 Å². The molecule has 0 amide bonds. The zero-order valence-electron chi connectivity index (χ0n) is 7.29. The molecule has 0 fully saturated rings. The molecule has 0 bridgehead atoms. The van der Waals surface area contributed by atoms with Crippen LogP contribution in [0, 0.1) is 5.82 Å². The zero-order valence-corrected chi connectivity index (χ0v) is 7.29. The van der Waals surface area contributed by atoms with E-state index in [2.05, 4.69) is 9.72 Å². The van der Waals surface area contributed by atoms with Crippen molar-refractivity contribution >= 4 is 5.97 Å². The molecule has 0 radical (unpaired) electrons. The summed E-state index contributed by atoms with van der Waals surface area (Å²) in [6.07, 6.45) is 1.34. The zero-order chi connectivity index (χ0) is 9.68. The van der Waals surface area contributed by atoms with Crippen LogP contribution in [0.4, 0.5) is 4.39 Å². The lowest BCUT2D eigenvalue weighted by Crippen LogP contribution is -2.08. The van der Waals surface area contributed by atoms with Gasteiger partial charge in [-0.2, -0.15) is 0 Å². The lowest BCUT2D eigenvalue weighted by atomic mass is 10.3. The van der Waals surface area contributed by atoms with Crippen molar-refractivity contribution in [2.75, 3.05) is 6.61 Å². The van der Waals surface area contributed by atoms with E-state index in [0.717, 1.165) is 0 Å². The van der Waals surface area contributed by atoms with Crippen LogP contribution in [0.3, 0.4) is 0 Å². The van der Waals surface area contributed by atoms with E-state index in [-0.39, 0.29) is 12.4 Å². The fourth-order valence-electron chi connectivity index (χ4n) is 0.905. The Morgan fingerprint density at radius 1 is 1.69 bits per heavy atom. The van der Waals surface area contributed by atoms with E-state index in [9.17, 15) is 9.18 Å². The number of hydrogen-bond acceptors (Lipinski definition) is 3. The first-order chi connectivity index (χ1) is 6.22. The number of esters is 1. The maximum absolute atomic E-state index is 12.6. The van der Waals surface area contributed by atoms with E-state index in [1.54, 1.807) is 6.92 Å². The van der Waals surface area contributed by atoms with E-state index in [1.165, 1.54) is 18.3 Å². The molecular formula is C9H10FNO2. The standard InChI is InChI=1S/C9H10FNO2/c1-2-13-9(12)6-8-5-7(10)3-4-11-8/h3-5H,2,6H2,1H3. The van der Waals surface area contributed by atoms with Crippen molar-refractivity contribution in [2.24, 2.45) is 0 Å². The van der Waals surface area contributed by atoms with Crippen molar-refractivity contribution < 1.29 is 13.9 Å². The molecule has 1 heterocycles. The third kappa shape index (κ3) is 3.19. The van der Waals surface area contributed by atoms with Gasteiger partial charge >= 0.3 is 5.97 Å². The summed E-state index contributed by atoms with van der Waals surface area (Å²) in [6.45, 7) is 2.05. The van der Waals surface area contributed by atoms with E-state index in [0.29, 0.717) is 12.3 Å². The van der Waals surface area contributed by atoms with E-state index in [4.69, 9.17) is 0 Å². The number of hydrogen-bond donors (Lipinski definition) is 0. The highest BCUT2D eigenvalue weighted by Gasteiger charge is 2.05. The quantitative estimate of drug-likeness (QED) is 0.663. The van der Waals surface area contributed by atoms with Gasteiger partial charge < -0.3 is 4.74 Å². The van der Waals surface area contributed by atoms with Crippen LogP contribution in [0.1, 0.15) is 12.6 Å². The van der Waals surface area contributed by atoms with Gasteiger partial charge in [0.2, 0.25) is 0 Å². The Balaban J connectivity index is 2.58. The second-order valence-corrected chi connectivity index (χ2v) is 2.45. The fourth-order valence-corrected chi connectivity index (χ4v) is 0.905. The maximum Gasteiger partial charge on any atom is 0.311 e. The summed E-state index contributed by atoms with van der Waals surface area (Å²) in [5.74, 6) is -0.783.